The van der Waals surface area contributed by atoms with Gasteiger partial charge in [0.2, 0.25) is 0 Å². The van der Waals surface area contributed by atoms with Crippen LogP contribution in [0.15, 0.2) is 0 Å². The molecule has 0 atom stereocenters. The minimum atomic E-state index is 0. The zero-order valence-corrected chi connectivity index (χ0v) is 6.84. The average molecular weight is 131 g/mol. The fraction of sp³-hybridized carbons (Fsp3) is 1.00. The van der Waals surface area contributed by atoms with E-state index in [0.717, 1.165) is 12.1 Å². The third-order valence-electron chi connectivity index (χ3n) is 2.57. The third kappa shape index (κ3) is 1.78. The molecule has 0 aromatic heterocycles. The quantitative estimate of drug-likeness (QED) is 0.447. The molecule has 0 heterocycles. The van der Waals surface area contributed by atoms with Crippen molar-refractivity contribution in [2.45, 2.75) is 50.6 Å². The van der Waals surface area contributed by atoms with Crippen LogP contribution in [-0.4, -0.2) is 12.1 Å². The first-order valence-electron chi connectivity index (χ1n) is 4.15. The molecule has 2 aliphatic carbocycles. The Labute approximate surface area is 75.1 Å². The van der Waals surface area contributed by atoms with Crippen molar-refractivity contribution in [1.29, 1.82) is 0 Å². The zero-order chi connectivity index (χ0) is 6.10. The Kier molecular flexibility index (Phi) is 3.29. The first-order valence-corrected chi connectivity index (χ1v) is 4.15. The van der Waals surface area contributed by atoms with Crippen LogP contribution in [0.1, 0.15) is 38.5 Å². The summed E-state index contributed by atoms with van der Waals surface area (Å²) < 4.78 is 0. The van der Waals surface area contributed by atoms with Gasteiger partial charge in [0.25, 0.3) is 0 Å². The summed E-state index contributed by atoms with van der Waals surface area (Å²) in [5.41, 5.74) is 0. The summed E-state index contributed by atoms with van der Waals surface area (Å²) in [6, 6.07) is 1.57. The Morgan fingerprint density at radius 3 is 1.40 bits per heavy atom. The van der Waals surface area contributed by atoms with Crippen molar-refractivity contribution in [3.8, 4) is 0 Å². The Balaban J connectivity index is 0.000000500. The van der Waals surface area contributed by atoms with E-state index in [2.05, 4.69) is 5.32 Å². The molecule has 0 unspecified atom stereocenters. The maximum atomic E-state index is 4.69. The first-order chi connectivity index (χ1) is 4.45. The second-order valence-corrected chi connectivity index (χ2v) is 3.32. The summed E-state index contributed by atoms with van der Waals surface area (Å²) in [4.78, 5) is 0. The molecule has 10 heavy (non-hydrogen) atoms. The summed E-state index contributed by atoms with van der Waals surface area (Å²) in [6.45, 7) is 0. The fourth-order valence-corrected chi connectivity index (χ4v) is 1.37. The summed E-state index contributed by atoms with van der Waals surface area (Å²) in [5, 5.41) is 4.69. The van der Waals surface area contributed by atoms with E-state index < -0.39 is 0 Å². The summed E-state index contributed by atoms with van der Waals surface area (Å²) in [7, 11) is 0. The van der Waals surface area contributed by atoms with Gasteiger partial charge in [0.1, 0.15) is 0 Å². The van der Waals surface area contributed by atoms with Crippen LogP contribution < -0.4 is 18.9 Å². The number of hydrogen-bond donors (Lipinski definition) is 0. The van der Waals surface area contributed by atoms with Crippen LogP contribution in [0, 0.1) is 0 Å². The molecule has 0 amide bonds. The molecule has 2 saturated carbocycles. The van der Waals surface area contributed by atoms with Gasteiger partial charge >= 0.3 is 18.9 Å². The summed E-state index contributed by atoms with van der Waals surface area (Å²) in [5.74, 6) is 0. The van der Waals surface area contributed by atoms with E-state index in [-0.39, 0.29) is 18.9 Å². The molecule has 0 aromatic rings. The van der Waals surface area contributed by atoms with Gasteiger partial charge in [-0.1, -0.05) is 38.5 Å². The molecule has 1 nitrogen and oxygen atoms in total. The second-order valence-electron chi connectivity index (χ2n) is 3.32. The molecular formula is C8H14LiN. The number of rotatable bonds is 2. The van der Waals surface area contributed by atoms with E-state index in [9.17, 15) is 0 Å². The average Bonchev–Trinajstić information content (AvgIpc) is 1.57. The van der Waals surface area contributed by atoms with Gasteiger partial charge in [0, 0.05) is 0 Å². The molecule has 0 radical (unpaired) electrons. The molecule has 2 heteroatoms. The number of hydrogen-bond acceptors (Lipinski definition) is 0. The van der Waals surface area contributed by atoms with Crippen molar-refractivity contribution in [2.24, 2.45) is 0 Å². The zero-order valence-electron chi connectivity index (χ0n) is 6.84. The van der Waals surface area contributed by atoms with Gasteiger partial charge in [-0.25, -0.2) is 0 Å². The van der Waals surface area contributed by atoms with Crippen molar-refractivity contribution in [3.63, 3.8) is 0 Å². The van der Waals surface area contributed by atoms with Gasteiger partial charge in [-0.15, -0.1) is 12.1 Å². The van der Waals surface area contributed by atoms with Crippen LogP contribution in [0.2, 0.25) is 0 Å². The summed E-state index contributed by atoms with van der Waals surface area (Å²) in [6.07, 6.45) is 8.40. The smallest absolute Gasteiger partial charge is 0.657 e. The van der Waals surface area contributed by atoms with Gasteiger partial charge in [-0.2, -0.15) is 0 Å². The van der Waals surface area contributed by atoms with Crippen LogP contribution in [0.3, 0.4) is 0 Å². The molecule has 0 saturated heterocycles. The topological polar surface area (TPSA) is 14.1 Å². The Morgan fingerprint density at radius 1 is 0.800 bits per heavy atom. The van der Waals surface area contributed by atoms with Crippen LogP contribution in [-0.2, 0) is 0 Å². The minimum absolute atomic E-state index is 0. The van der Waals surface area contributed by atoms with E-state index >= 15 is 0 Å². The van der Waals surface area contributed by atoms with Crippen molar-refractivity contribution in [3.05, 3.63) is 5.32 Å². The normalized spacial score (nSPS) is 26.4. The van der Waals surface area contributed by atoms with Crippen LogP contribution in [0.25, 0.3) is 5.32 Å². The van der Waals surface area contributed by atoms with E-state index in [1.165, 1.54) is 38.5 Å². The van der Waals surface area contributed by atoms with E-state index in [4.69, 9.17) is 0 Å². The van der Waals surface area contributed by atoms with E-state index in [1.807, 2.05) is 0 Å². The van der Waals surface area contributed by atoms with Crippen LogP contribution in [0.5, 0.6) is 0 Å². The van der Waals surface area contributed by atoms with Gasteiger partial charge in [0.15, 0.2) is 0 Å². The van der Waals surface area contributed by atoms with Crippen molar-refractivity contribution in [1.82, 2.24) is 0 Å². The molecule has 2 rings (SSSR count). The Hall–Kier alpha value is 0.557. The summed E-state index contributed by atoms with van der Waals surface area (Å²) >= 11 is 0. The van der Waals surface area contributed by atoms with Gasteiger partial charge in [-0.05, 0) is 0 Å². The molecule has 0 aliphatic heterocycles. The van der Waals surface area contributed by atoms with Gasteiger partial charge in [0.05, 0.1) is 0 Å². The minimum Gasteiger partial charge on any atom is -0.657 e. The van der Waals surface area contributed by atoms with Crippen LogP contribution in [0.4, 0.5) is 0 Å². The van der Waals surface area contributed by atoms with Gasteiger partial charge in [-0.3, -0.25) is 0 Å². The Morgan fingerprint density at radius 2 is 1.20 bits per heavy atom. The third-order valence-corrected chi connectivity index (χ3v) is 2.57. The number of nitrogens with zero attached hydrogens (tertiary/aromatic N) is 1. The molecule has 0 aromatic carbocycles. The van der Waals surface area contributed by atoms with E-state index in [0.29, 0.717) is 0 Å². The standard InChI is InChI=1S/C8H14N.Li/c1-3-7(4-1)9-8-5-2-6-8;/h7-8H,1-6H2;/q-1;+1. The van der Waals surface area contributed by atoms with Crippen LogP contribution >= 0.6 is 0 Å². The predicted molar refractivity (Wildman–Crippen MR) is 38.6 cm³/mol. The molecule has 52 valence electrons. The maximum Gasteiger partial charge on any atom is 1.00 e. The molecule has 0 spiro atoms. The second kappa shape index (κ2) is 3.81. The first kappa shape index (κ1) is 8.65. The SMILES string of the molecule is C1CC([N-]C2CCC2)C1.[Li+]. The molecule has 2 fully saturated rings. The van der Waals surface area contributed by atoms with Crippen molar-refractivity contribution in [2.75, 3.05) is 0 Å². The van der Waals surface area contributed by atoms with Crippen molar-refractivity contribution < 1.29 is 18.9 Å². The largest absolute Gasteiger partial charge is 1.00 e. The fourth-order valence-electron chi connectivity index (χ4n) is 1.37. The molecule has 2 aliphatic rings. The van der Waals surface area contributed by atoms with E-state index in [1.54, 1.807) is 0 Å². The molecule has 0 N–H and O–H groups in total. The maximum absolute atomic E-state index is 4.69. The van der Waals surface area contributed by atoms with Gasteiger partial charge < -0.3 is 5.32 Å². The monoisotopic (exact) mass is 131 g/mol. The van der Waals surface area contributed by atoms with Crippen molar-refractivity contribution >= 4 is 0 Å². The predicted octanol–water partition coefficient (Wildman–Crippen LogP) is -0.531. The molecular weight excluding hydrogens is 117 g/mol. The Bertz CT molecular complexity index is 85.4. The molecule has 0 bridgehead atoms.